The number of ether oxygens (including phenoxy) is 1. The fourth-order valence-corrected chi connectivity index (χ4v) is 1.25. The Morgan fingerprint density at radius 2 is 2.27 bits per heavy atom. The Morgan fingerprint density at radius 3 is 2.93 bits per heavy atom. The minimum absolute atomic E-state index is 0.479. The van der Waals surface area contributed by atoms with E-state index in [0.29, 0.717) is 6.54 Å². The van der Waals surface area contributed by atoms with E-state index in [0.717, 1.165) is 31.3 Å². The molecule has 0 atom stereocenters. The van der Waals surface area contributed by atoms with Crippen LogP contribution in [0.2, 0.25) is 0 Å². The van der Waals surface area contributed by atoms with Gasteiger partial charge in [0.15, 0.2) is 0 Å². The number of nitrogens with zero attached hydrogens (tertiary/aromatic N) is 2. The molecular weight excluding hydrogens is 190 g/mol. The average Bonchev–Trinajstić information content (AvgIpc) is 2.29. The van der Waals surface area contributed by atoms with E-state index in [9.17, 15) is 0 Å². The first kappa shape index (κ1) is 11.9. The second-order valence-electron chi connectivity index (χ2n) is 3.31. The van der Waals surface area contributed by atoms with Crippen LogP contribution in [-0.4, -0.2) is 31.8 Å². The summed E-state index contributed by atoms with van der Waals surface area (Å²) in [6.07, 6.45) is 0. The molecule has 0 unspecified atom stereocenters. The molecule has 0 aromatic carbocycles. The summed E-state index contributed by atoms with van der Waals surface area (Å²) in [4.78, 5) is 6.48. The van der Waals surface area contributed by atoms with Gasteiger partial charge in [-0.15, -0.1) is 0 Å². The summed E-state index contributed by atoms with van der Waals surface area (Å²) in [6.45, 7) is 4.79. The van der Waals surface area contributed by atoms with Gasteiger partial charge in [-0.2, -0.15) is 0 Å². The highest BCUT2D eigenvalue weighted by Crippen LogP contribution is 2.08. The third kappa shape index (κ3) is 3.85. The topological polar surface area (TPSA) is 51.4 Å². The molecule has 0 aliphatic rings. The van der Waals surface area contributed by atoms with E-state index in [1.54, 1.807) is 0 Å². The third-order valence-electron chi connectivity index (χ3n) is 2.17. The Labute approximate surface area is 91.1 Å². The van der Waals surface area contributed by atoms with Crippen LogP contribution in [0.1, 0.15) is 12.6 Å². The lowest BCUT2D eigenvalue weighted by molar-refractivity contribution is 0.154. The largest absolute Gasteiger partial charge is 0.380 e. The molecule has 1 aromatic rings. The van der Waals surface area contributed by atoms with Crippen molar-refractivity contribution in [2.45, 2.75) is 13.5 Å². The second kappa shape index (κ2) is 6.37. The minimum atomic E-state index is 0.479. The standard InChI is InChI=1S/C11H19N3O/c1-3-15-8-7-14(2)11-6-4-5-10(9-12)13-11/h4-6H,3,7-9,12H2,1-2H3. The number of rotatable bonds is 6. The van der Waals surface area contributed by atoms with Crippen molar-refractivity contribution < 1.29 is 4.74 Å². The van der Waals surface area contributed by atoms with E-state index in [-0.39, 0.29) is 0 Å². The summed E-state index contributed by atoms with van der Waals surface area (Å²) >= 11 is 0. The van der Waals surface area contributed by atoms with Gasteiger partial charge in [-0.25, -0.2) is 4.98 Å². The predicted octanol–water partition coefficient (Wildman–Crippen LogP) is 1.01. The van der Waals surface area contributed by atoms with Crippen LogP contribution in [0.25, 0.3) is 0 Å². The molecule has 1 aromatic heterocycles. The van der Waals surface area contributed by atoms with Crippen LogP contribution >= 0.6 is 0 Å². The fraction of sp³-hybridized carbons (Fsp3) is 0.545. The summed E-state index contributed by atoms with van der Waals surface area (Å²) in [5.74, 6) is 0.942. The van der Waals surface area contributed by atoms with Gasteiger partial charge in [-0.1, -0.05) is 6.07 Å². The molecule has 0 saturated heterocycles. The molecule has 4 heteroatoms. The van der Waals surface area contributed by atoms with Crippen LogP contribution in [0.3, 0.4) is 0 Å². The highest BCUT2D eigenvalue weighted by atomic mass is 16.5. The number of pyridine rings is 1. The molecule has 0 fully saturated rings. The van der Waals surface area contributed by atoms with Crippen LogP contribution in [0.4, 0.5) is 5.82 Å². The monoisotopic (exact) mass is 209 g/mol. The van der Waals surface area contributed by atoms with Crippen molar-refractivity contribution in [3.05, 3.63) is 23.9 Å². The Kier molecular flexibility index (Phi) is 5.07. The zero-order chi connectivity index (χ0) is 11.1. The van der Waals surface area contributed by atoms with Crippen molar-refractivity contribution in [3.8, 4) is 0 Å². The van der Waals surface area contributed by atoms with Gasteiger partial charge in [-0.05, 0) is 19.1 Å². The Morgan fingerprint density at radius 1 is 1.47 bits per heavy atom. The van der Waals surface area contributed by atoms with Crippen LogP contribution in [0, 0.1) is 0 Å². The SMILES string of the molecule is CCOCCN(C)c1cccc(CN)n1. The molecule has 0 saturated carbocycles. The molecule has 84 valence electrons. The van der Waals surface area contributed by atoms with Crippen molar-refractivity contribution in [1.29, 1.82) is 0 Å². The van der Waals surface area contributed by atoms with Crippen molar-refractivity contribution >= 4 is 5.82 Å². The summed E-state index contributed by atoms with van der Waals surface area (Å²) in [7, 11) is 2.00. The van der Waals surface area contributed by atoms with Gasteiger partial charge >= 0.3 is 0 Å². The smallest absolute Gasteiger partial charge is 0.128 e. The molecular formula is C11H19N3O. The molecule has 2 N–H and O–H groups in total. The fourth-order valence-electron chi connectivity index (χ4n) is 1.25. The average molecular weight is 209 g/mol. The molecule has 0 aliphatic heterocycles. The number of hydrogen-bond acceptors (Lipinski definition) is 4. The molecule has 15 heavy (non-hydrogen) atoms. The first-order chi connectivity index (χ1) is 7.27. The van der Waals surface area contributed by atoms with Crippen molar-refractivity contribution in [1.82, 2.24) is 4.98 Å². The quantitative estimate of drug-likeness (QED) is 0.710. The lowest BCUT2D eigenvalue weighted by Crippen LogP contribution is -2.23. The number of anilines is 1. The minimum Gasteiger partial charge on any atom is -0.380 e. The maximum absolute atomic E-state index is 5.53. The molecule has 0 radical (unpaired) electrons. The molecule has 0 aliphatic carbocycles. The van der Waals surface area contributed by atoms with E-state index in [2.05, 4.69) is 9.88 Å². The Balaban J connectivity index is 2.52. The van der Waals surface area contributed by atoms with E-state index < -0.39 is 0 Å². The number of nitrogens with two attached hydrogens (primary N) is 1. The van der Waals surface area contributed by atoms with Gasteiger partial charge in [0, 0.05) is 26.7 Å². The molecule has 1 rings (SSSR count). The van der Waals surface area contributed by atoms with Gasteiger partial charge in [0.2, 0.25) is 0 Å². The summed E-state index contributed by atoms with van der Waals surface area (Å²) in [5.41, 5.74) is 6.45. The predicted molar refractivity (Wildman–Crippen MR) is 61.9 cm³/mol. The number of hydrogen-bond donors (Lipinski definition) is 1. The summed E-state index contributed by atoms with van der Waals surface area (Å²) < 4.78 is 5.29. The van der Waals surface area contributed by atoms with Gasteiger partial charge in [0.25, 0.3) is 0 Å². The van der Waals surface area contributed by atoms with Crippen molar-refractivity contribution in [2.75, 3.05) is 31.7 Å². The molecule has 0 spiro atoms. The van der Waals surface area contributed by atoms with E-state index in [4.69, 9.17) is 10.5 Å². The molecule has 4 nitrogen and oxygen atoms in total. The van der Waals surface area contributed by atoms with Crippen molar-refractivity contribution in [3.63, 3.8) is 0 Å². The van der Waals surface area contributed by atoms with Crippen LogP contribution < -0.4 is 10.6 Å². The van der Waals surface area contributed by atoms with Gasteiger partial charge < -0.3 is 15.4 Å². The first-order valence-corrected chi connectivity index (χ1v) is 5.22. The Bertz CT molecular complexity index is 291. The van der Waals surface area contributed by atoms with E-state index in [1.807, 2.05) is 32.2 Å². The van der Waals surface area contributed by atoms with Crippen molar-refractivity contribution in [2.24, 2.45) is 5.73 Å². The van der Waals surface area contributed by atoms with E-state index in [1.165, 1.54) is 0 Å². The molecule has 0 bridgehead atoms. The lowest BCUT2D eigenvalue weighted by atomic mass is 10.3. The summed E-state index contributed by atoms with van der Waals surface area (Å²) in [5, 5.41) is 0. The summed E-state index contributed by atoms with van der Waals surface area (Å²) in [6, 6.07) is 5.88. The normalized spacial score (nSPS) is 10.3. The first-order valence-electron chi connectivity index (χ1n) is 5.22. The third-order valence-corrected chi connectivity index (χ3v) is 2.17. The number of likely N-dealkylation sites (N-methyl/N-ethyl adjacent to an activating group) is 1. The van der Waals surface area contributed by atoms with E-state index >= 15 is 0 Å². The van der Waals surface area contributed by atoms with Crippen LogP contribution in [0.15, 0.2) is 18.2 Å². The van der Waals surface area contributed by atoms with Crippen LogP contribution in [0.5, 0.6) is 0 Å². The Hall–Kier alpha value is -1.13. The number of aromatic nitrogens is 1. The maximum atomic E-state index is 5.53. The van der Waals surface area contributed by atoms with Gasteiger partial charge in [0.05, 0.1) is 12.3 Å². The maximum Gasteiger partial charge on any atom is 0.128 e. The van der Waals surface area contributed by atoms with Crippen LogP contribution in [-0.2, 0) is 11.3 Å². The zero-order valence-electron chi connectivity index (χ0n) is 9.44. The highest BCUT2D eigenvalue weighted by molar-refractivity contribution is 5.38. The lowest BCUT2D eigenvalue weighted by Gasteiger charge is -2.18. The molecule has 0 amide bonds. The highest BCUT2D eigenvalue weighted by Gasteiger charge is 2.02. The zero-order valence-corrected chi connectivity index (χ0v) is 9.44. The molecule has 1 heterocycles. The van der Waals surface area contributed by atoms with Gasteiger partial charge in [0.1, 0.15) is 5.82 Å². The second-order valence-corrected chi connectivity index (χ2v) is 3.31. The van der Waals surface area contributed by atoms with Gasteiger partial charge in [-0.3, -0.25) is 0 Å².